The molecule has 4 rings (SSSR count). The first-order chi connectivity index (χ1) is 15.3. The smallest absolute Gasteiger partial charge is 0.252 e. The second-order valence-electron chi connectivity index (χ2n) is 8.09. The lowest BCUT2D eigenvalue weighted by Crippen LogP contribution is -2.41. The molecule has 2 saturated heterocycles. The standard InChI is InChI=1S/C21H27N3O5S3/c25-21(17-10-14-24(15-11-17)32(28,29)20-5-4-16-30-20)22-18-6-8-19(9-7-18)31(26,27)23-12-2-1-3-13-23/h4-9,16-17H,1-3,10-15H2,(H,22,25). The van der Waals surface area contributed by atoms with Gasteiger partial charge in [0.1, 0.15) is 4.21 Å². The van der Waals surface area contributed by atoms with E-state index < -0.39 is 20.0 Å². The third-order valence-electron chi connectivity index (χ3n) is 5.99. The van der Waals surface area contributed by atoms with Crippen LogP contribution in [0.25, 0.3) is 0 Å². The molecule has 0 spiro atoms. The Morgan fingerprint density at radius 3 is 2.06 bits per heavy atom. The fraction of sp³-hybridized carbons (Fsp3) is 0.476. The molecule has 0 bridgehead atoms. The number of amides is 1. The molecule has 0 atom stereocenters. The van der Waals surface area contributed by atoms with Crippen LogP contribution in [-0.4, -0.2) is 57.5 Å². The average molecular weight is 498 g/mol. The normalized spacial score (nSPS) is 19.6. The van der Waals surface area contributed by atoms with Gasteiger partial charge in [0.05, 0.1) is 4.90 Å². The second-order valence-corrected chi connectivity index (χ2v) is 13.1. The minimum atomic E-state index is -3.51. The van der Waals surface area contributed by atoms with Crippen molar-refractivity contribution in [1.82, 2.24) is 8.61 Å². The highest BCUT2D eigenvalue weighted by molar-refractivity contribution is 7.91. The number of hydrogen-bond donors (Lipinski definition) is 1. The molecule has 174 valence electrons. The number of nitrogens with zero attached hydrogens (tertiary/aromatic N) is 2. The maximum absolute atomic E-state index is 12.8. The summed E-state index contributed by atoms with van der Waals surface area (Å²) in [5.41, 5.74) is 0.529. The quantitative estimate of drug-likeness (QED) is 0.661. The molecule has 2 aliphatic rings. The van der Waals surface area contributed by atoms with E-state index in [9.17, 15) is 21.6 Å². The van der Waals surface area contributed by atoms with Crippen molar-refractivity contribution in [2.45, 2.75) is 41.2 Å². The van der Waals surface area contributed by atoms with Crippen molar-refractivity contribution in [2.75, 3.05) is 31.5 Å². The first kappa shape index (κ1) is 23.4. The number of hydrogen-bond acceptors (Lipinski definition) is 6. The molecule has 8 nitrogen and oxygen atoms in total. The SMILES string of the molecule is O=C(Nc1ccc(S(=O)(=O)N2CCCCC2)cc1)C1CCN(S(=O)(=O)c2cccs2)CC1. The lowest BCUT2D eigenvalue weighted by molar-refractivity contribution is -0.120. The van der Waals surface area contributed by atoms with Crippen LogP contribution in [0.4, 0.5) is 5.69 Å². The Labute approximate surface area is 193 Å². The van der Waals surface area contributed by atoms with Gasteiger partial charge in [0.15, 0.2) is 0 Å². The zero-order chi connectivity index (χ0) is 22.8. The molecule has 32 heavy (non-hydrogen) atoms. The minimum Gasteiger partial charge on any atom is -0.326 e. The van der Waals surface area contributed by atoms with Gasteiger partial charge in [-0.05, 0) is 61.4 Å². The molecule has 0 aliphatic carbocycles. The summed E-state index contributed by atoms with van der Waals surface area (Å²) in [5, 5.41) is 4.57. The predicted molar refractivity (Wildman–Crippen MR) is 123 cm³/mol. The third-order valence-corrected chi connectivity index (χ3v) is 11.2. The van der Waals surface area contributed by atoms with Crippen LogP contribution in [0.2, 0.25) is 0 Å². The Hall–Kier alpha value is -1.79. The van der Waals surface area contributed by atoms with Gasteiger partial charge in [-0.2, -0.15) is 8.61 Å². The number of carbonyl (C=O) groups excluding carboxylic acids is 1. The Morgan fingerprint density at radius 1 is 0.844 bits per heavy atom. The molecule has 11 heteroatoms. The van der Waals surface area contributed by atoms with Crippen LogP contribution >= 0.6 is 11.3 Å². The van der Waals surface area contributed by atoms with E-state index in [-0.39, 0.29) is 16.7 Å². The Balaban J connectivity index is 1.34. The summed E-state index contributed by atoms with van der Waals surface area (Å²) in [6, 6.07) is 9.55. The number of piperidine rings is 2. The lowest BCUT2D eigenvalue weighted by atomic mass is 9.97. The Bertz CT molecular complexity index is 1130. The monoisotopic (exact) mass is 497 g/mol. The fourth-order valence-electron chi connectivity index (χ4n) is 4.10. The molecule has 1 aromatic heterocycles. The highest BCUT2D eigenvalue weighted by atomic mass is 32.2. The van der Waals surface area contributed by atoms with Crippen LogP contribution in [0.3, 0.4) is 0 Å². The highest BCUT2D eigenvalue weighted by Crippen LogP contribution is 2.27. The first-order valence-electron chi connectivity index (χ1n) is 10.7. The maximum Gasteiger partial charge on any atom is 0.252 e. The summed E-state index contributed by atoms with van der Waals surface area (Å²) in [6.07, 6.45) is 3.69. The summed E-state index contributed by atoms with van der Waals surface area (Å²) >= 11 is 1.19. The Morgan fingerprint density at radius 2 is 1.47 bits per heavy atom. The number of rotatable bonds is 6. The van der Waals surface area contributed by atoms with Crippen LogP contribution in [-0.2, 0) is 24.8 Å². The molecular formula is C21H27N3O5S3. The van der Waals surface area contributed by atoms with Gasteiger partial charge in [-0.15, -0.1) is 11.3 Å². The van der Waals surface area contributed by atoms with E-state index in [2.05, 4.69) is 5.32 Å². The van der Waals surface area contributed by atoms with Crippen molar-refractivity contribution in [1.29, 1.82) is 0 Å². The Kier molecular flexibility index (Phi) is 7.01. The van der Waals surface area contributed by atoms with Gasteiger partial charge in [-0.25, -0.2) is 16.8 Å². The van der Waals surface area contributed by atoms with Crippen molar-refractivity contribution in [3.8, 4) is 0 Å². The number of benzene rings is 1. The molecule has 0 unspecified atom stereocenters. The fourth-order valence-corrected chi connectivity index (χ4v) is 8.24. The zero-order valence-electron chi connectivity index (χ0n) is 17.6. The molecule has 3 heterocycles. The second kappa shape index (κ2) is 9.60. The number of sulfonamides is 2. The topological polar surface area (TPSA) is 104 Å². The number of carbonyl (C=O) groups is 1. The summed E-state index contributed by atoms with van der Waals surface area (Å²) in [4.78, 5) is 12.9. The summed E-state index contributed by atoms with van der Waals surface area (Å²) in [7, 11) is -7.00. The lowest BCUT2D eigenvalue weighted by Gasteiger charge is -2.30. The van der Waals surface area contributed by atoms with Gasteiger partial charge < -0.3 is 5.32 Å². The van der Waals surface area contributed by atoms with Gasteiger partial charge >= 0.3 is 0 Å². The van der Waals surface area contributed by atoms with E-state index in [1.54, 1.807) is 29.6 Å². The van der Waals surface area contributed by atoms with Gasteiger partial charge in [0.2, 0.25) is 15.9 Å². The van der Waals surface area contributed by atoms with E-state index in [1.807, 2.05) is 0 Å². The molecule has 1 N–H and O–H groups in total. The molecule has 2 aromatic rings. The van der Waals surface area contributed by atoms with E-state index >= 15 is 0 Å². The number of anilines is 1. The van der Waals surface area contributed by atoms with Crippen LogP contribution in [0.15, 0.2) is 50.9 Å². The van der Waals surface area contributed by atoms with Gasteiger partial charge in [-0.1, -0.05) is 12.5 Å². The van der Waals surface area contributed by atoms with E-state index in [1.165, 1.54) is 32.1 Å². The molecule has 0 radical (unpaired) electrons. The van der Waals surface area contributed by atoms with Gasteiger partial charge in [0.25, 0.3) is 10.0 Å². The molecule has 1 amide bonds. The molecule has 0 saturated carbocycles. The van der Waals surface area contributed by atoms with Crippen molar-refractivity contribution < 1.29 is 21.6 Å². The van der Waals surface area contributed by atoms with E-state index in [0.29, 0.717) is 48.9 Å². The summed E-state index contributed by atoms with van der Waals surface area (Å²) in [5.74, 6) is -0.466. The van der Waals surface area contributed by atoms with Crippen LogP contribution in [0.1, 0.15) is 32.1 Å². The van der Waals surface area contributed by atoms with E-state index in [4.69, 9.17) is 0 Å². The molecular weight excluding hydrogens is 470 g/mol. The van der Waals surface area contributed by atoms with Crippen LogP contribution in [0, 0.1) is 5.92 Å². The minimum absolute atomic E-state index is 0.176. The van der Waals surface area contributed by atoms with Gasteiger partial charge in [0, 0.05) is 37.8 Å². The van der Waals surface area contributed by atoms with Gasteiger partial charge in [-0.3, -0.25) is 4.79 Å². The highest BCUT2D eigenvalue weighted by Gasteiger charge is 2.32. The first-order valence-corrected chi connectivity index (χ1v) is 14.5. The van der Waals surface area contributed by atoms with E-state index in [0.717, 1.165) is 19.3 Å². The third kappa shape index (κ3) is 4.91. The average Bonchev–Trinajstić information content (AvgIpc) is 3.36. The molecule has 1 aromatic carbocycles. The van der Waals surface area contributed by atoms with Crippen molar-refractivity contribution in [3.63, 3.8) is 0 Å². The van der Waals surface area contributed by atoms with Crippen molar-refractivity contribution in [2.24, 2.45) is 5.92 Å². The largest absolute Gasteiger partial charge is 0.326 e. The zero-order valence-corrected chi connectivity index (χ0v) is 20.1. The van der Waals surface area contributed by atoms with Crippen LogP contribution in [0.5, 0.6) is 0 Å². The van der Waals surface area contributed by atoms with Crippen molar-refractivity contribution >= 4 is 43.0 Å². The van der Waals surface area contributed by atoms with Crippen molar-refractivity contribution in [3.05, 3.63) is 41.8 Å². The van der Waals surface area contributed by atoms with Crippen LogP contribution < -0.4 is 5.32 Å². The summed E-state index contributed by atoms with van der Waals surface area (Å²) < 4.78 is 54.0. The summed E-state index contributed by atoms with van der Waals surface area (Å²) in [6.45, 7) is 1.68. The molecule has 2 aliphatic heterocycles. The predicted octanol–water partition coefficient (Wildman–Crippen LogP) is 2.96. The maximum atomic E-state index is 12.8. The molecule has 2 fully saturated rings. The number of nitrogens with one attached hydrogen (secondary N) is 1. The number of thiophene rings is 1.